The van der Waals surface area contributed by atoms with E-state index in [1.54, 1.807) is 17.2 Å². The highest BCUT2D eigenvalue weighted by molar-refractivity contribution is 5.85. The Morgan fingerprint density at radius 2 is 2.07 bits per heavy atom. The second kappa shape index (κ2) is 8.66. The fourth-order valence-corrected chi connectivity index (χ4v) is 3.63. The number of fused-ring (bicyclic) bond motifs is 1. The number of imidazole rings is 1. The van der Waals surface area contributed by atoms with E-state index in [4.69, 9.17) is 9.47 Å². The average molecular weight is 424 g/mol. The number of carbonyl (C=O) groups is 1. The number of piperazine rings is 1. The maximum atomic E-state index is 13.1. The molecule has 0 bridgehead atoms. The quantitative estimate of drug-likeness (QED) is 0.581. The van der Waals surface area contributed by atoms with Gasteiger partial charge in [0.05, 0.1) is 17.4 Å². The molecule has 1 aromatic heterocycles. The van der Waals surface area contributed by atoms with Gasteiger partial charge in [0.2, 0.25) is 5.91 Å². The molecule has 1 amide bonds. The summed E-state index contributed by atoms with van der Waals surface area (Å²) < 4.78 is 12.8. The summed E-state index contributed by atoms with van der Waals surface area (Å²) in [6.45, 7) is 2.47. The number of amides is 1. The monoisotopic (exact) mass is 423 g/mol. The Hall–Kier alpha value is -2.85. The van der Waals surface area contributed by atoms with Gasteiger partial charge in [-0.2, -0.15) is 0 Å². The lowest BCUT2D eigenvalue weighted by atomic mass is 10.1. The normalized spacial score (nSPS) is 18.1. The van der Waals surface area contributed by atoms with Crippen LogP contribution in [0.2, 0.25) is 0 Å². The standard InChI is InChI=1S/C18H21N5O5.ClH/c1-21-4-3-20-18(21)14-11-19-2-5-22(14)17(24)9-12-8-15-16(28-7-6-27-15)10-13(12)23(25)26;/h3-4,8,10,14,19H,2,5-7,9,11H2,1H3;1H. The number of nitro groups is 1. The molecule has 0 saturated carbocycles. The number of carbonyl (C=O) groups excluding carboxylic acids is 1. The molecule has 156 valence electrons. The van der Waals surface area contributed by atoms with E-state index in [2.05, 4.69) is 10.3 Å². The van der Waals surface area contributed by atoms with Gasteiger partial charge in [-0.15, -0.1) is 12.4 Å². The second-order valence-corrected chi connectivity index (χ2v) is 6.76. The first-order chi connectivity index (χ1) is 13.5. The van der Waals surface area contributed by atoms with Crippen molar-refractivity contribution in [3.63, 3.8) is 0 Å². The molecule has 1 atom stereocenters. The zero-order chi connectivity index (χ0) is 19.7. The van der Waals surface area contributed by atoms with Gasteiger partial charge in [0.25, 0.3) is 5.69 Å². The van der Waals surface area contributed by atoms with Crippen LogP contribution in [0, 0.1) is 10.1 Å². The topological polar surface area (TPSA) is 112 Å². The van der Waals surface area contributed by atoms with Crippen molar-refractivity contribution >= 4 is 24.0 Å². The minimum atomic E-state index is -0.491. The lowest BCUT2D eigenvalue weighted by molar-refractivity contribution is -0.385. The maximum absolute atomic E-state index is 13.1. The van der Waals surface area contributed by atoms with E-state index in [-0.39, 0.29) is 36.5 Å². The van der Waals surface area contributed by atoms with Crippen LogP contribution in [-0.2, 0) is 18.3 Å². The summed E-state index contributed by atoms with van der Waals surface area (Å²) >= 11 is 0. The summed E-state index contributed by atoms with van der Waals surface area (Å²) in [5.74, 6) is 1.36. The molecule has 29 heavy (non-hydrogen) atoms. The molecular weight excluding hydrogens is 402 g/mol. The first kappa shape index (κ1) is 20.9. The van der Waals surface area contributed by atoms with Gasteiger partial charge in [0, 0.05) is 44.6 Å². The van der Waals surface area contributed by atoms with Gasteiger partial charge in [-0.3, -0.25) is 14.9 Å². The molecule has 1 N–H and O–H groups in total. The van der Waals surface area contributed by atoms with Gasteiger partial charge in [-0.05, 0) is 6.07 Å². The Kier molecular flexibility index (Phi) is 6.23. The van der Waals surface area contributed by atoms with Gasteiger partial charge >= 0.3 is 0 Å². The fourth-order valence-electron chi connectivity index (χ4n) is 3.63. The number of rotatable bonds is 4. The van der Waals surface area contributed by atoms with E-state index in [1.165, 1.54) is 6.07 Å². The molecule has 1 unspecified atom stereocenters. The minimum Gasteiger partial charge on any atom is -0.486 e. The number of benzene rings is 1. The smallest absolute Gasteiger partial charge is 0.277 e. The highest BCUT2D eigenvalue weighted by Gasteiger charge is 2.32. The van der Waals surface area contributed by atoms with Crippen molar-refractivity contribution in [2.75, 3.05) is 32.8 Å². The van der Waals surface area contributed by atoms with Crippen LogP contribution in [0.15, 0.2) is 24.5 Å². The molecule has 2 aliphatic heterocycles. The van der Waals surface area contributed by atoms with Gasteiger partial charge in [-0.1, -0.05) is 0 Å². The van der Waals surface area contributed by atoms with Crippen molar-refractivity contribution in [3.05, 3.63) is 46.0 Å². The van der Waals surface area contributed by atoms with Crippen LogP contribution in [0.4, 0.5) is 5.69 Å². The van der Waals surface area contributed by atoms with E-state index in [1.807, 2.05) is 17.8 Å². The number of halogens is 1. The van der Waals surface area contributed by atoms with Gasteiger partial charge < -0.3 is 24.3 Å². The Morgan fingerprint density at radius 3 is 2.72 bits per heavy atom. The van der Waals surface area contributed by atoms with Crippen LogP contribution in [0.5, 0.6) is 11.5 Å². The highest BCUT2D eigenvalue weighted by Crippen LogP contribution is 2.37. The Morgan fingerprint density at radius 1 is 1.34 bits per heavy atom. The SMILES string of the molecule is Cl.Cn1ccnc1C1CNCCN1C(=O)Cc1cc2c(cc1[N+](=O)[O-])OCCO2. The predicted molar refractivity (Wildman–Crippen MR) is 106 cm³/mol. The molecular formula is C18H22ClN5O5. The molecule has 10 nitrogen and oxygen atoms in total. The van der Waals surface area contributed by atoms with Crippen LogP contribution in [0.3, 0.4) is 0 Å². The third kappa shape index (κ3) is 4.13. The zero-order valence-electron chi connectivity index (χ0n) is 15.9. The Bertz CT molecular complexity index is 918. The van der Waals surface area contributed by atoms with Crippen LogP contribution in [0.25, 0.3) is 0 Å². The lowest BCUT2D eigenvalue weighted by Crippen LogP contribution is -2.49. The van der Waals surface area contributed by atoms with Crippen LogP contribution in [-0.4, -0.2) is 58.1 Å². The highest BCUT2D eigenvalue weighted by atomic mass is 35.5. The van der Waals surface area contributed by atoms with Crippen molar-refractivity contribution in [1.29, 1.82) is 0 Å². The number of nitrogens with zero attached hydrogens (tertiary/aromatic N) is 4. The summed E-state index contributed by atoms with van der Waals surface area (Å²) in [5, 5.41) is 14.8. The van der Waals surface area contributed by atoms with E-state index in [0.29, 0.717) is 49.9 Å². The molecule has 0 spiro atoms. The largest absolute Gasteiger partial charge is 0.486 e. The van der Waals surface area contributed by atoms with Crippen molar-refractivity contribution in [2.24, 2.45) is 7.05 Å². The lowest BCUT2D eigenvalue weighted by Gasteiger charge is -2.35. The molecule has 1 saturated heterocycles. The molecule has 0 aliphatic carbocycles. The summed E-state index contributed by atoms with van der Waals surface area (Å²) in [6, 6.07) is 2.66. The molecule has 1 fully saturated rings. The third-order valence-electron chi connectivity index (χ3n) is 5.00. The number of ether oxygens (including phenoxy) is 2. The average Bonchev–Trinajstić information content (AvgIpc) is 3.13. The van der Waals surface area contributed by atoms with Crippen LogP contribution >= 0.6 is 12.4 Å². The number of aryl methyl sites for hydroxylation is 1. The molecule has 11 heteroatoms. The number of nitrogens with one attached hydrogen (secondary N) is 1. The van der Waals surface area contributed by atoms with Crippen molar-refractivity contribution in [3.8, 4) is 11.5 Å². The van der Waals surface area contributed by atoms with E-state index < -0.39 is 4.92 Å². The summed E-state index contributed by atoms with van der Waals surface area (Å²) in [5.41, 5.74) is 0.178. The number of hydrogen-bond acceptors (Lipinski definition) is 7. The molecule has 1 aromatic carbocycles. The van der Waals surface area contributed by atoms with Gasteiger partial charge in [0.15, 0.2) is 11.5 Å². The summed E-state index contributed by atoms with van der Waals surface area (Å²) in [6.07, 6.45) is 3.43. The predicted octanol–water partition coefficient (Wildman–Crippen LogP) is 1.24. The fraction of sp³-hybridized carbons (Fsp3) is 0.444. The number of aromatic nitrogens is 2. The van der Waals surface area contributed by atoms with Crippen molar-refractivity contribution in [2.45, 2.75) is 12.5 Å². The second-order valence-electron chi connectivity index (χ2n) is 6.76. The Balaban J connectivity index is 0.00000240. The summed E-state index contributed by atoms with van der Waals surface area (Å²) in [4.78, 5) is 30.2. The molecule has 3 heterocycles. The molecule has 2 aliphatic rings. The molecule has 2 aromatic rings. The third-order valence-corrected chi connectivity index (χ3v) is 5.00. The zero-order valence-corrected chi connectivity index (χ0v) is 16.7. The first-order valence-corrected chi connectivity index (χ1v) is 9.09. The van der Waals surface area contributed by atoms with Gasteiger partial charge in [-0.25, -0.2) is 4.98 Å². The van der Waals surface area contributed by atoms with E-state index in [9.17, 15) is 14.9 Å². The molecule has 4 rings (SSSR count). The van der Waals surface area contributed by atoms with E-state index >= 15 is 0 Å². The summed E-state index contributed by atoms with van der Waals surface area (Å²) in [7, 11) is 1.88. The minimum absolute atomic E-state index is 0. The van der Waals surface area contributed by atoms with Gasteiger partial charge in [0.1, 0.15) is 25.1 Å². The number of hydrogen-bond donors (Lipinski definition) is 1. The van der Waals surface area contributed by atoms with Crippen molar-refractivity contribution < 1.29 is 19.2 Å². The van der Waals surface area contributed by atoms with Crippen molar-refractivity contribution in [1.82, 2.24) is 19.8 Å². The number of nitro benzene ring substituents is 1. The maximum Gasteiger partial charge on any atom is 0.277 e. The van der Waals surface area contributed by atoms with E-state index in [0.717, 1.165) is 5.82 Å². The van der Waals surface area contributed by atoms with Crippen LogP contribution in [0.1, 0.15) is 17.4 Å². The first-order valence-electron chi connectivity index (χ1n) is 9.09. The molecule has 0 radical (unpaired) electrons. The van der Waals surface area contributed by atoms with Crippen LogP contribution < -0.4 is 14.8 Å². The Labute approximate surface area is 173 Å².